The van der Waals surface area contributed by atoms with Crippen LogP contribution in [0.15, 0.2) is 36.8 Å². The first-order valence-electron chi connectivity index (χ1n) is 9.64. The maximum absolute atomic E-state index is 12.9. The number of hydrogen-bond donors (Lipinski definition) is 1. The minimum Gasteiger partial charge on any atom is -0.371 e. The van der Waals surface area contributed by atoms with Crippen LogP contribution < -0.4 is 5.32 Å². The number of alkyl halides is 3. The molecule has 10 heteroatoms. The van der Waals surface area contributed by atoms with E-state index in [4.69, 9.17) is 4.11 Å². The summed E-state index contributed by atoms with van der Waals surface area (Å²) in [6.07, 6.45) is -1.72. The van der Waals surface area contributed by atoms with E-state index in [0.29, 0.717) is 33.9 Å². The summed E-state index contributed by atoms with van der Waals surface area (Å²) in [5, 5.41) is 10.7. The molecule has 0 saturated heterocycles. The van der Waals surface area contributed by atoms with Crippen LogP contribution in [-0.4, -0.2) is 36.3 Å². The van der Waals surface area contributed by atoms with Gasteiger partial charge in [0.25, 0.3) is 0 Å². The van der Waals surface area contributed by atoms with Crippen LogP contribution in [0.4, 0.5) is 19.0 Å². The zero-order valence-corrected chi connectivity index (χ0v) is 14.8. The molecular weight excluding hydrogens is 371 g/mol. The van der Waals surface area contributed by atoms with E-state index in [2.05, 4.69) is 25.5 Å². The normalized spacial score (nSPS) is 14.0. The second kappa shape index (κ2) is 6.32. The molecule has 0 aliphatic carbocycles. The molecule has 3 heterocycles. The van der Waals surface area contributed by atoms with Gasteiger partial charge in [0.15, 0.2) is 5.82 Å². The summed E-state index contributed by atoms with van der Waals surface area (Å²) < 4.78 is 64.3. The molecule has 0 atom stereocenters. The van der Waals surface area contributed by atoms with Crippen LogP contribution in [-0.2, 0) is 13.2 Å². The lowest BCUT2D eigenvalue weighted by molar-refractivity contribution is -0.137. The number of halogens is 3. The molecule has 28 heavy (non-hydrogen) atoms. The van der Waals surface area contributed by atoms with E-state index >= 15 is 0 Å². The smallest absolute Gasteiger partial charge is 0.371 e. The molecule has 0 bridgehead atoms. The summed E-state index contributed by atoms with van der Waals surface area (Å²) in [6, 6.07) is 4.69. The highest BCUT2D eigenvalue weighted by Gasteiger charge is 2.30. The van der Waals surface area contributed by atoms with Crippen molar-refractivity contribution in [3.63, 3.8) is 0 Å². The number of hydrogen-bond acceptors (Lipinski definition) is 5. The zero-order chi connectivity index (χ0) is 22.6. The SMILES string of the molecule is [2H]C([2H])([2H])Nc1ncnn2c(C)nc(-c3cnn(C)c3-c3ccc(C(F)(F)F)cc3)c12. The molecular formula is C18H16F3N7. The summed E-state index contributed by atoms with van der Waals surface area (Å²) in [4.78, 5) is 8.55. The first-order chi connectivity index (χ1) is 14.5. The molecule has 4 rings (SSSR count). The van der Waals surface area contributed by atoms with E-state index in [1.165, 1.54) is 33.9 Å². The molecule has 144 valence electrons. The van der Waals surface area contributed by atoms with E-state index in [-0.39, 0.29) is 5.82 Å². The van der Waals surface area contributed by atoms with Crippen molar-refractivity contribution in [3.8, 4) is 22.5 Å². The van der Waals surface area contributed by atoms with Crippen LogP contribution >= 0.6 is 0 Å². The third kappa shape index (κ3) is 2.77. The molecule has 1 N–H and O–H groups in total. The van der Waals surface area contributed by atoms with Crippen LogP contribution in [0.25, 0.3) is 28.0 Å². The zero-order valence-electron chi connectivity index (χ0n) is 17.8. The maximum Gasteiger partial charge on any atom is 0.416 e. The van der Waals surface area contributed by atoms with Gasteiger partial charge in [0.1, 0.15) is 23.4 Å². The van der Waals surface area contributed by atoms with Gasteiger partial charge in [0.2, 0.25) is 0 Å². The molecule has 3 aromatic heterocycles. The van der Waals surface area contributed by atoms with Gasteiger partial charge in [-0.05, 0) is 19.1 Å². The average Bonchev–Trinajstić information content (AvgIpc) is 3.21. The minimum atomic E-state index is -4.45. The fourth-order valence-corrected chi connectivity index (χ4v) is 3.12. The second-order valence-corrected chi connectivity index (χ2v) is 6.11. The quantitative estimate of drug-likeness (QED) is 0.579. The van der Waals surface area contributed by atoms with Gasteiger partial charge < -0.3 is 5.32 Å². The van der Waals surface area contributed by atoms with E-state index < -0.39 is 18.7 Å². The van der Waals surface area contributed by atoms with Gasteiger partial charge in [-0.3, -0.25) is 4.68 Å². The Morgan fingerprint density at radius 2 is 1.89 bits per heavy atom. The maximum atomic E-state index is 12.9. The van der Waals surface area contributed by atoms with Crippen molar-refractivity contribution in [2.75, 3.05) is 12.3 Å². The van der Waals surface area contributed by atoms with Gasteiger partial charge >= 0.3 is 6.18 Å². The van der Waals surface area contributed by atoms with Crippen LogP contribution in [0.3, 0.4) is 0 Å². The fraction of sp³-hybridized carbons (Fsp3) is 0.222. The first kappa shape index (κ1) is 14.6. The average molecular weight is 390 g/mol. The summed E-state index contributed by atoms with van der Waals surface area (Å²) in [7, 11) is 1.65. The molecule has 0 amide bonds. The third-order valence-corrected chi connectivity index (χ3v) is 4.39. The number of benzene rings is 1. The summed E-state index contributed by atoms with van der Waals surface area (Å²) in [5.41, 5.74) is 1.41. The number of fused-ring (bicyclic) bond motifs is 1. The van der Waals surface area contributed by atoms with Crippen molar-refractivity contribution in [1.29, 1.82) is 0 Å². The van der Waals surface area contributed by atoms with Gasteiger partial charge in [-0.2, -0.15) is 23.4 Å². The van der Waals surface area contributed by atoms with Crippen molar-refractivity contribution >= 4 is 11.3 Å². The lowest BCUT2D eigenvalue weighted by Gasteiger charge is -2.10. The van der Waals surface area contributed by atoms with Crippen molar-refractivity contribution in [2.24, 2.45) is 7.05 Å². The Bertz CT molecular complexity index is 1260. The summed E-state index contributed by atoms with van der Waals surface area (Å²) >= 11 is 0. The van der Waals surface area contributed by atoms with Gasteiger partial charge in [0.05, 0.1) is 17.5 Å². The molecule has 1 aromatic carbocycles. The highest BCUT2D eigenvalue weighted by molar-refractivity contribution is 5.91. The number of nitrogens with zero attached hydrogens (tertiary/aromatic N) is 6. The highest BCUT2D eigenvalue weighted by Crippen LogP contribution is 2.37. The Balaban J connectivity index is 1.91. The van der Waals surface area contributed by atoms with Gasteiger partial charge in [0, 0.05) is 29.3 Å². The third-order valence-electron chi connectivity index (χ3n) is 4.39. The summed E-state index contributed by atoms with van der Waals surface area (Å²) in [6.45, 7) is -0.813. The van der Waals surface area contributed by atoms with Crippen LogP contribution in [0, 0.1) is 6.92 Å². The number of aryl methyl sites for hydroxylation is 2. The Labute approximate surface area is 162 Å². The molecule has 0 radical (unpaired) electrons. The van der Waals surface area contributed by atoms with E-state index in [9.17, 15) is 13.2 Å². The van der Waals surface area contributed by atoms with E-state index in [1.807, 2.05) is 0 Å². The van der Waals surface area contributed by atoms with E-state index in [1.54, 1.807) is 14.0 Å². The molecule has 0 spiro atoms. The molecule has 4 aromatic rings. The number of rotatable bonds is 3. The number of nitrogens with one attached hydrogen (secondary N) is 1. The largest absolute Gasteiger partial charge is 0.416 e. The standard InChI is InChI=1S/C18H16F3N7/c1-10-26-14(16-17(22-2)23-9-25-28(10)16)13-8-24-27(3)15(13)11-4-6-12(7-5-11)18(19,20)21/h4-9H,1-3H3,(H,22,23,25)/i2D3. The Morgan fingerprint density at radius 3 is 2.57 bits per heavy atom. The van der Waals surface area contributed by atoms with Crippen LogP contribution in [0.5, 0.6) is 0 Å². The van der Waals surface area contributed by atoms with Crippen LogP contribution in [0.1, 0.15) is 15.5 Å². The number of anilines is 1. The highest BCUT2D eigenvalue weighted by atomic mass is 19.4. The Hall–Kier alpha value is -3.43. The van der Waals surface area contributed by atoms with Crippen LogP contribution in [0.2, 0.25) is 0 Å². The van der Waals surface area contributed by atoms with E-state index in [0.717, 1.165) is 12.1 Å². The predicted molar refractivity (Wildman–Crippen MR) is 97.7 cm³/mol. The predicted octanol–water partition coefficient (Wildman–Crippen LogP) is 3.56. The summed E-state index contributed by atoms with van der Waals surface area (Å²) in [5.74, 6) is 0.524. The Kier molecular flexibility index (Phi) is 3.30. The fourth-order valence-electron chi connectivity index (χ4n) is 3.12. The minimum absolute atomic E-state index is 0.0489. The lowest BCUT2D eigenvalue weighted by atomic mass is 10.0. The van der Waals surface area contributed by atoms with Crippen molar-refractivity contribution in [1.82, 2.24) is 29.4 Å². The monoisotopic (exact) mass is 390 g/mol. The number of aromatic nitrogens is 6. The molecule has 0 fully saturated rings. The molecule has 0 saturated carbocycles. The topological polar surface area (TPSA) is 72.9 Å². The second-order valence-electron chi connectivity index (χ2n) is 6.11. The molecule has 0 aliphatic heterocycles. The Morgan fingerprint density at radius 1 is 1.14 bits per heavy atom. The van der Waals surface area contributed by atoms with Crippen molar-refractivity contribution < 1.29 is 17.3 Å². The number of imidazole rings is 1. The molecule has 0 unspecified atom stereocenters. The first-order valence-corrected chi connectivity index (χ1v) is 8.14. The van der Waals surface area contributed by atoms with Crippen molar-refractivity contribution in [2.45, 2.75) is 13.1 Å². The molecule has 7 nitrogen and oxygen atoms in total. The van der Waals surface area contributed by atoms with Gasteiger partial charge in [-0.15, -0.1) is 0 Å². The van der Waals surface area contributed by atoms with Crippen molar-refractivity contribution in [3.05, 3.63) is 48.2 Å². The van der Waals surface area contributed by atoms with Gasteiger partial charge in [-0.1, -0.05) is 12.1 Å². The molecule has 0 aliphatic rings. The van der Waals surface area contributed by atoms with Gasteiger partial charge in [-0.25, -0.2) is 14.5 Å². The lowest BCUT2D eigenvalue weighted by Crippen LogP contribution is -2.04.